The van der Waals surface area contributed by atoms with Crippen LogP contribution in [0.2, 0.25) is 5.02 Å². The van der Waals surface area contributed by atoms with Gasteiger partial charge in [0.2, 0.25) is 11.3 Å². The van der Waals surface area contributed by atoms with Crippen molar-refractivity contribution < 1.29 is 27.9 Å². The number of aromatic hydroxyl groups is 1. The molecule has 244 valence electrons. The van der Waals surface area contributed by atoms with Crippen molar-refractivity contribution in [3.8, 4) is 5.75 Å². The van der Waals surface area contributed by atoms with Gasteiger partial charge in [0.15, 0.2) is 22.6 Å². The Kier molecular flexibility index (Phi) is 7.45. The number of aromatic nitrogens is 5. The summed E-state index contributed by atoms with van der Waals surface area (Å²) in [6.45, 7) is 1.94. The van der Waals surface area contributed by atoms with E-state index in [-0.39, 0.29) is 51.2 Å². The zero-order valence-corrected chi connectivity index (χ0v) is 26.0. The molecule has 3 aliphatic rings. The molecule has 1 spiro atoms. The monoisotopic (exact) mass is 667 g/mol. The summed E-state index contributed by atoms with van der Waals surface area (Å²) < 4.78 is 41.1. The third-order valence-electron chi connectivity index (χ3n) is 9.54. The second kappa shape index (κ2) is 11.3. The highest BCUT2D eigenvalue weighted by Crippen LogP contribution is 2.46. The first-order valence-electron chi connectivity index (χ1n) is 15.3. The van der Waals surface area contributed by atoms with Crippen molar-refractivity contribution in [3.05, 3.63) is 79.9 Å². The Balaban J connectivity index is 1.22. The number of likely N-dealkylation sites (tertiary alicyclic amines) is 1. The average molecular weight is 668 g/mol. The number of halogens is 4. The van der Waals surface area contributed by atoms with Crippen LogP contribution >= 0.6 is 11.6 Å². The highest BCUT2D eigenvalue weighted by atomic mass is 35.5. The van der Waals surface area contributed by atoms with Gasteiger partial charge in [0.05, 0.1) is 33.9 Å². The van der Waals surface area contributed by atoms with Crippen LogP contribution in [0.4, 0.5) is 18.9 Å². The number of pyridine rings is 1. The molecule has 1 saturated heterocycles. The summed E-state index contributed by atoms with van der Waals surface area (Å²) in [5.41, 5.74) is 0.826. The number of anilines is 1. The number of amides is 2. The fraction of sp³-hybridized carbons (Fsp3) is 0.406. The van der Waals surface area contributed by atoms with Gasteiger partial charge in [0, 0.05) is 35.7 Å². The molecule has 0 bridgehead atoms. The Morgan fingerprint density at radius 2 is 1.87 bits per heavy atom. The highest BCUT2D eigenvalue weighted by molar-refractivity contribution is 6.33. The van der Waals surface area contributed by atoms with E-state index >= 15 is 0 Å². The minimum absolute atomic E-state index is 0.0205. The van der Waals surface area contributed by atoms with Crippen LogP contribution < -0.4 is 10.7 Å². The molecule has 2 fully saturated rings. The van der Waals surface area contributed by atoms with E-state index in [1.807, 2.05) is 0 Å². The average Bonchev–Trinajstić information content (AvgIpc) is 3.83. The van der Waals surface area contributed by atoms with Crippen molar-refractivity contribution in [3.63, 3.8) is 0 Å². The molecule has 0 radical (unpaired) electrons. The van der Waals surface area contributed by atoms with Gasteiger partial charge >= 0.3 is 6.18 Å². The Morgan fingerprint density at radius 1 is 1.13 bits per heavy atom. The maximum Gasteiger partial charge on any atom is 0.416 e. The van der Waals surface area contributed by atoms with Crippen LogP contribution in [0.25, 0.3) is 11.2 Å². The molecule has 7 rings (SSSR count). The van der Waals surface area contributed by atoms with Crippen LogP contribution in [0.5, 0.6) is 5.75 Å². The normalized spacial score (nSPS) is 17.3. The summed E-state index contributed by atoms with van der Waals surface area (Å²) in [6.07, 6.45) is 2.20. The molecule has 1 aromatic carbocycles. The first-order chi connectivity index (χ1) is 22.4. The SMILES string of the molecule is Cc1ncnc(C(=O)N2CCC3(CCc4c3c(=O)c3nc(C5CC5)cnc3n4CC(=O)Nc3ccc(C(F)(F)F)cc3Cl)CC2)c1O. The molecule has 2 aliphatic carbocycles. The number of benzene rings is 1. The van der Waals surface area contributed by atoms with Gasteiger partial charge in [-0.25, -0.2) is 19.9 Å². The first kappa shape index (κ1) is 31.0. The lowest BCUT2D eigenvalue weighted by Gasteiger charge is -2.39. The maximum absolute atomic E-state index is 14.2. The smallest absolute Gasteiger partial charge is 0.416 e. The van der Waals surface area contributed by atoms with Crippen LogP contribution in [0.15, 0.2) is 35.5 Å². The number of nitrogens with one attached hydrogen (secondary N) is 1. The number of rotatable bonds is 5. The molecule has 47 heavy (non-hydrogen) atoms. The standard InChI is InChI=1S/C32H29ClF3N7O4/c1-16-27(45)26(39-15-38-16)30(47)42-10-8-31(9-11-42)7-6-22-24(31)28(46)25-29(37-13-21(41-25)17-2-3-17)43(22)14-23(44)40-20-5-4-18(12-19(20)33)32(34,35)36/h4-5,12-13,15,17,45H,2-3,6-11,14H2,1H3,(H,40,44). The molecule has 3 aromatic heterocycles. The fourth-order valence-corrected chi connectivity index (χ4v) is 7.06. The van der Waals surface area contributed by atoms with Crippen LogP contribution in [0.3, 0.4) is 0 Å². The molecular formula is C32H29ClF3N7O4. The van der Waals surface area contributed by atoms with E-state index in [0.29, 0.717) is 55.7 Å². The van der Waals surface area contributed by atoms with Crippen molar-refractivity contribution in [2.75, 3.05) is 18.4 Å². The molecule has 15 heteroatoms. The minimum Gasteiger partial charge on any atom is -0.504 e. The molecule has 0 atom stereocenters. The summed E-state index contributed by atoms with van der Waals surface area (Å²) in [7, 11) is 0. The van der Waals surface area contributed by atoms with Gasteiger partial charge in [-0.3, -0.25) is 14.4 Å². The van der Waals surface area contributed by atoms with Crippen LogP contribution in [-0.2, 0) is 29.4 Å². The molecule has 2 N–H and O–H groups in total. The Bertz CT molecular complexity index is 2020. The molecule has 4 heterocycles. The molecule has 2 amide bonds. The van der Waals surface area contributed by atoms with Crippen molar-refractivity contribution in [2.45, 2.75) is 69.5 Å². The highest BCUT2D eigenvalue weighted by Gasteiger charge is 2.46. The van der Waals surface area contributed by atoms with Gasteiger partial charge < -0.3 is 19.9 Å². The first-order valence-corrected chi connectivity index (χ1v) is 15.6. The summed E-state index contributed by atoms with van der Waals surface area (Å²) in [4.78, 5) is 59.7. The lowest BCUT2D eigenvalue weighted by atomic mass is 9.73. The predicted molar refractivity (Wildman–Crippen MR) is 164 cm³/mol. The predicted octanol–water partition coefficient (Wildman–Crippen LogP) is 4.90. The van der Waals surface area contributed by atoms with Crippen molar-refractivity contribution >= 4 is 40.3 Å². The number of piperidine rings is 1. The summed E-state index contributed by atoms with van der Waals surface area (Å²) in [6, 6.07) is 2.70. The molecule has 11 nitrogen and oxygen atoms in total. The van der Waals surface area contributed by atoms with E-state index < -0.39 is 29.0 Å². The van der Waals surface area contributed by atoms with Crippen LogP contribution in [-0.4, -0.2) is 59.4 Å². The fourth-order valence-electron chi connectivity index (χ4n) is 6.83. The lowest BCUT2D eigenvalue weighted by molar-refractivity contribution is -0.137. The Morgan fingerprint density at radius 3 is 2.55 bits per heavy atom. The van der Waals surface area contributed by atoms with E-state index in [2.05, 4.69) is 20.3 Å². The minimum atomic E-state index is -4.59. The molecule has 1 aliphatic heterocycles. The Labute approximate surface area is 270 Å². The summed E-state index contributed by atoms with van der Waals surface area (Å²) >= 11 is 6.10. The number of hydrogen-bond donors (Lipinski definition) is 2. The van der Waals surface area contributed by atoms with Crippen molar-refractivity contribution in [1.29, 1.82) is 0 Å². The van der Waals surface area contributed by atoms with E-state index in [9.17, 15) is 32.7 Å². The largest absolute Gasteiger partial charge is 0.504 e. The quantitative estimate of drug-likeness (QED) is 0.306. The Hall–Kier alpha value is -4.59. The topological polar surface area (TPSA) is 143 Å². The van der Waals surface area contributed by atoms with Crippen LogP contribution in [0, 0.1) is 6.92 Å². The van der Waals surface area contributed by atoms with E-state index in [4.69, 9.17) is 16.6 Å². The summed E-state index contributed by atoms with van der Waals surface area (Å²) in [5.74, 6) is -1.02. The molecular weight excluding hydrogens is 639 g/mol. The molecule has 4 aromatic rings. The molecule has 1 saturated carbocycles. The van der Waals surface area contributed by atoms with Gasteiger partial charge in [0.1, 0.15) is 12.9 Å². The van der Waals surface area contributed by atoms with E-state index in [1.54, 1.807) is 22.6 Å². The van der Waals surface area contributed by atoms with E-state index in [0.717, 1.165) is 36.7 Å². The number of nitrogens with zero attached hydrogens (tertiary/aromatic N) is 6. The molecule has 0 unspecified atom stereocenters. The van der Waals surface area contributed by atoms with Gasteiger partial charge in [-0.1, -0.05) is 11.6 Å². The maximum atomic E-state index is 14.2. The number of carbonyl (C=O) groups is 2. The zero-order chi connectivity index (χ0) is 33.2. The third-order valence-corrected chi connectivity index (χ3v) is 9.85. The van der Waals surface area contributed by atoms with Gasteiger partial charge in [-0.15, -0.1) is 0 Å². The van der Waals surface area contributed by atoms with Crippen LogP contribution in [0.1, 0.15) is 76.7 Å². The number of hydrogen-bond acceptors (Lipinski definition) is 8. The number of aryl methyl sites for hydroxylation is 1. The van der Waals surface area contributed by atoms with Gasteiger partial charge in [0.25, 0.3) is 5.91 Å². The number of carbonyl (C=O) groups excluding carboxylic acids is 2. The summed E-state index contributed by atoms with van der Waals surface area (Å²) in [5, 5.41) is 12.7. The number of alkyl halides is 3. The second-order valence-electron chi connectivity index (χ2n) is 12.4. The van der Waals surface area contributed by atoms with Gasteiger partial charge in [-0.2, -0.15) is 13.2 Å². The van der Waals surface area contributed by atoms with Crippen molar-refractivity contribution in [1.82, 2.24) is 29.4 Å². The van der Waals surface area contributed by atoms with E-state index in [1.165, 1.54) is 6.33 Å². The third kappa shape index (κ3) is 5.47. The van der Waals surface area contributed by atoms with Gasteiger partial charge in [-0.05, 0) is 63.6 Å². The van der Waals surface area contributed by atoms with Crippen molar-refractivity contribution in [2.24, 2.45) is 0 Å². The zero-order valence-electron chi connectivity index (χ0n) is 25.2. The second-order valence-corrected chi connectivity index (χ2v) is 12.9. The lowest BCUT2D eigenvalue weighted by Crippen LogP contribution is -2.46. The number of fused-ring (bicyclic) bond motifs is 3.